The standard InChI is InChI=1S/C32H51N5O2S/c1-9-15-24(10-2)35-30(38)23-18-19-26(28(20-23)40-8)33-22(4)34-29-27(11-3)36(7)31(39)32(5,6)21-37(29)25-16-13-12-14-17-25/h11,18-20,24-25,31,33,39H,4,9-10,12-17,21H2,1-3,5-8H3,(H,35,38)/b27-11+,34-29+/t24-,31?/m1/s1. The number of thioether (sulfide) groups is 1. The molecule has 3 N–H and O–H groups in total. The van der Waals surface area contributed by atoms with E-state index < -0.39 is 6.23 Å². The van der Waals surface area contributed by atoms with Crippen molar-refractivity contribution >= 4 is 29.2 Å². The first-order chi connectivity index (χ1) is 19.1. The average molecular weight is 570 g/mol. The van der Waals surface area contributed by atoms with Gasteiger partial charge in [-0.2, -0.15) is 0 Å². The number of nitrogens with zero attached hydrogens (tertiary/aromatic N) is 3. The number of carbonyl (C=O) groups is 1. The van der Waals surface area contributed by atoms with Crippen LogP contribution in [-0.2, 0) is 0 Å². The molecule has 2 atom stereocenters. The summed E-state index contributed by atoms with van der Waals surface area (Å²) in [7, 11) is 1.94. The van der Waals surface area contributed by atoms with Gasteiger partial charge in [-0.25, -0.2) is 4.99 Å². The first kappa shape index (κ1) is 32.1. The van der Waals surface area contributed by atoms with Crippen LogP contribution < -0.4 is 10.6 Å². The number of aliphatic imine (C=N–C) groups is 1. The highest BCUT2D eigenvalue weighted by molar-refractivity contribution is 7.98. The van der Waals surface area contributed by atoms with E-state index in [-0.39, 0.29) is 17.4 Å². The number of aliphatic hydroxyl groups is 1. The highest BCUT2D eigenvalue weighted by atomic mass is 32.2. The van der Waals surface area contributed by atoms with Gasteiger partial charge in [0.15, 0.2) is 5.84 Å². The lowest BCUT2D eigenvalue weighted by Crippen LogP contribution is -2.47. The predicted octanol–water partition coefficient (Wildman–Crippen LogP) is 6.83. The molecule has 0 aromatic heterocycles. The molecule has 40 heavy (non-hydrogen) atoms. The van der Waals surface area contributed by atoms with Gasteiger partial charge >= 0.3 is 0 Å². The fourth-order valence-electron chi connectivity index (χ4n) is 5.95. The lowest BCUT2D eigenvalue weighted by atomic mass is 9.88. The molecule has 1 aliphatic carbocycles. The number of likely N-dealkylation sites (N-methyl/N-ethyl adjacent to an activating group) is 1. The number of hydrogen-bond acceptors (Lipinski definition) is 6. The SMILES string of the molecule is C=C(/N=C1\C(=C/C)N(C)C(O)C(C)(C)CN1C1CCCCC1)Nc1ccc(C(=O)N[C@H](CC)CCC)cc1SC. The number of aliphatic hydroxyl groups excluding tert-OH is 1. The Balaban J connectivity index is 1.91. The minimum Gasteiger partial charge on any atom is -0.373 e. The molecule has 2 fully saturated rings. The van der Waals surface area contributed by atoms with Crippen LogP contribution in [0.3, 0.4) is 0 Å². The smallest absolute Gasteiger partial charge is 0.251 e. The Morgan fingerprint density at radius 1 is 1.27 bits per heavy atom. The Labute approximate surface area is 246 Å². The summed E-state index contributed by atoms with van der Waals surface area (Å²) in [5.41, 5.74) is 2.08. The van der Waals surface area contributed by atoms with Gasteiger partial charge in [-0.15, -0.1) is 11.8 Å². The van der Waals surface area contributed by atoms with Gasteiger partial charge in [-0.3, -0.25) is 4.79 Å². The number of anilines is 1. The molecule has 1 aromatic carbocycles. The summed E-state index contributed by atoms with van der Waals surface area (Å²) in [4.78, 5) is 23.3. The van der Waals surface area contributed by atoms with Crippen LogP contribution in [0.25, 0.3) is 0 Å². The van der Waals surface area contributed by atoms with E-state index in [2.05, 4.69) is 49.8 Å². The molecule has 0 spiro atoms. The van der Waals surface area contributed by atoms with E-state index in [1.54, 1.807) is 11.8 Å². The Bertz CT molecular complexity index is 1090. The molecule has 0 bridgehead atoms. The quantitative estimate of drug-likeness (QED) is 0.268. The van der Waals surface area contributed by atoms with Gasteiger partial charge in [0, 0.05) is 41.6 Å². The summed E-state index contributed by atoms with van der Waals surface area (Å²) in [5, 5.41) is 17.8. The Morgan fingerprint density at radius 2 is 1.98 bits per heavy atom. The number of hydrogen-bond donors (Lipinski definition) is 3. The number of amidine groups is 1. The van der Waals surface area contributed by atoms with Crippen molar-refractivity contribution in [2.45, 2.75) is 109 Å². The molecule has 1 unspecified atom stereocenters. The van der Waals surface area contributed by atoms with Crippen molar-refractivity contribution in [3.8, 4) is 0 Å². The van der Waals surface area contributed by atoms with Crippen molar-refractivity contribution in [3.63, 3.8) is 0 Å². The molecule has 1 aliphatic heterocycles. The minimum atomic E-state index is -0.634. The van der Waals surface area contributed by atoms with Crippen LogP contribution in [0.1, 0.15) is 96.3 Å². The second-order valence-corrected chi connectivity index (χ2v) is 12.7. The maximum atomic E-state index is 12.9. The predicted molar refractivity (Wildman–Crippen MR) is 170 cm³/mol. The van der Waals surface area contributed by atoms with Crippen LogP contribution in [0.15, 0.2) is 52.3 Å². The van der Waals surface area contributed by atoms with Crippen molar-refractivity contribution in [3.05, 3.63) is 47.9 Å². The Hall–Kier alpha value is -2.45. The van der Waals surface area contributed by atoms with E-state index in [0.29, 0.717) is 24.0 Å². The molecular formula is C32H51N5O2S. The van der Waals surface area contributed by atoms with Crippen LogP contribution in [0, 0.1) is 5.41 Å². The summed E-state index contributed by atoms with van der Waals surface area (Å²) in [6.07, 6.45) is 12.3. The van der Waals surface area contributed by atoms with Crippen molar-refractivity contribution in [1.82, 2.24) is 15.1 Å². The van der Waals surface area contributed by atoms with Crippen molar-refractivity contribution in [2.75, 3.05) is 25.2 Å². The summed E-state index contributed by atoms with van der Waals surface area (Å²) < 4.78 is 0. The van der Waals surface area contributed by atoms with E-state index in [1.807, 2.05) is 49.4 Å². The zero-order valence-electron chi connectivity index (χ0n) is 25.7. The van der Waals surface area contributed by atoms with E-state index in [0.717, 1.165) is 54.2 Å². The zero-order valence-corrected chi connectivity index (χ0v) is 26.5. The van der Waals surface area contributed by atoms with Gasteiger partial charge < -0.3 is 25.5 Å². The van der Waals surface area contributed by atoms with Gasteiger partial charge in [0.1, 0.15) is 12.0 Å². The third-order valence-electron chi connectivity index (χ3n) is 8.26. The molecule has 7 nitrogen and oxygen atoms in total. The first-order valence-electron chi connectivity index (χ1n) is 14.9. The van der Waals surface area contributed by atoms with Gasteiger partial charge in [0.2, 0.25) is 0 Å². The van der Waals surface area contributed by atoms with E-state index in [4.69, 9.17) is 4.99 Å². The van der Waals surface area contributed by atoms with Crippen LogP contribution >= 0.6 is 11.8 Å². The van der Waals surface area contributed by atoms with Crippen LogP contribution in [0.2, 0.25) is 0 Å². The fourth-order valence-corrected chi connectivity index (χ4v) is 6.53. The van der Waals surface area contributed by atoms with Crippen LogP contribution in [-0.4, -0.2) is 64.8 Å². The maximum Gasteiger partial charge on any atom is 0.251 e. The van der Waals surface area contributed by atoms with Gasteiger partial charge in [-0.05, 0) is 57.1 Å². The van der Waals surface area contributed by atoms with E-state index in [9.17, 15) is 9.90 Å². The monoisotopic (exact) mass is 569 g/mol. The highest BCUT2D eigenvalue weighted by Gasteiger charge is 2.42. The molecule has 8 heteroatoms. The van der Waals surface area contributed by atoms with Gasteiger partial charge in [-0.1, -0.05) is 66.0 Å². The van der Waals surface area contributed by atoms with Crippen molar-refractivity contribution < 1.29 is 9.90 Å². The molecule has 222 valence electrons. The molecule has 1 aromatic rings. The zero-order chi connectivity index (χ0) is 29.4. The lowest BCUT2D eigenvalue weighted by Gasteiger charge is -2.39. The lowest BCUT2D eigenvalue weighted by molar-refractivity contribution is -0.0484. The molecule has 1 heterocycles. The molecule has 1 saturated heterocycles. The molecular weight excluding hydrogens is 518 g/mol. The Morgan fingerprint density at radius 3 is 2.58 bits per heavy atom. The van der Waals surface area contributed by atoms with E-state index in [1.165, 1.54) is 19.3 Å². The largest absolute Gasteiger partial charge is 0.373 e. The number of carbonyl (C=O) groups excluding carboxylic acids is 1. The molecule has 0 radical (unpaired) electrons. The van der Waals surface area contributed by atoms with Crippen molar-refractivity contribution in [1.29, 1.82) is 0 Å². The summed E-state index contributed by atoms with van der Waals surface area (Å²) in [6, 6.07) is 6.31. The third kappa shape index (κ3) is 7.64. The number of allylic oxidation sites excluding steroid dienone is 1. The van der Waals surface area contributed by atoms with Crippen LogP contribution in [0.4, 0.5) is 5.69 Å². The van der Waals surface area contributed by atoms with Gasteiger partial charge in [0.25, 0.3) is 5.91 Å². The molecule has 1 amide bonds. The van der Waals surface area contributed by atoms with Crippen LogP contribution in [0.5, 0.6) is 0 Å². The molecule has 3 rings (SSSR count). The Kier molecular flexibility index (Phi) is 11.6. The summed E-state index contributed by atoms with van der Waals surface area (Å²) in [6.45, 7) is 15.5. The van der Waals surface area contributed by atoms with E-state index >= 15 is 0 Å². The van der Waals surface area contributed by atoms with Gasteiger partial charge in [0.05, 0.1) is 11.4 Å². The number of rotatable bonds is 10. The third-order valence-corrected chi connectivity index (χ3v) is 9.04. The fraction of sp³-hybridized carbons (Fsp3) is 0.625. The molecule has 2 aliphatic rings. The summed E-state index contributed by atoms with van der Waals surface area (Å²) >= 11 is 1.59. The van der Waals surface area contributed by atoms with Crippen molar-refractivity contribution in [2.24, 2.45) is 10.4 Å². The number of nitrogens with one attached hydrogen (secondary N) is 2. The number of benzene rings is 1. The topological polar surface area (TPSA) is 80.2 Å². The first-order valence-corrected chi connectivity index (χ1v) is 16.2. The molecule has 1 saturated carbocycles. The normalized spacial score (nSPS) is 22.8. The summed E-state index contributed by atoms with van der Waals surface area (Å²) in [5.74, 6) is 1.34. The highest BCUT2D eigenvalue weighted by Crippen LogP contribution is 2.36. The average Bonchev–Trinajstić information content (AvgIpc) is 3.01. The second kappa shape index (κ2) is 14.4. The number of amides is 1. The maximum absolute atomic E-state index is 12.9. The second-order valence-electron chi connectivity index (χ2n) is 11.9. The minimum absolute atomic E-state index is 0.0373.